The predicted octanol–water partition coefficient (Wildman–Crippen LogP) is 3.03. The molecule has 1 atom stereocenters. The number of hydrogen-bond donors (Lipinski definition) is 1. The molecule has 1 aliphatic carbocycles. The highest BCUT2D eigenvalue weighted by Crippen LogP contribution is 2.30. The molecule has 1 unspecified atom stereocenters. The van der Waals surface area contributed by atoms with Gasteiger partial charge in [-0.2, -0.15) is 5.10 Å². The highest BCUT2D eigenvalue weighted by atomic mass is 15.3. The first-order chi connectivity index (χ1) is 7.59. The normalized spacial score (nSPS) is 19.0. The molecule has 1 fully saturated rings. The number of rotatable bonds is 3. The molecule has 16 heavy (non-hydrogen) atoms. The minimum atomic E-state index is 0.573. The van der Waals surface area contributed by atoms with Crippen molar-refractivity contribution >= 4 is 5.69 Å². The first kappa shape index (κ1) is 11.5. The number of aromatic nitrogens is 2. The monoisotopic (exact) mass is 221 g/mol. The van der Waals surface area contributed by atoms with E-state index in [9.17, 15) is 0 Å². The second-order valence-electron chi connectivity index (χ2n) is 5.15. The van der Waals surface area contributed by atoms with Crippen LogP contribution in [0.1, 0.15) is 44.0 Å². The molecule has 0 bridgehead atoms. The third-order valence-electron chi connectivity index (χ3n) is 3.99. The van der Waals surface area contributed by atoms with Gasteiger partial charge >= 0.3 is 0 Å². The highest BCUT2D eigenvalue weighted by molar-refractivity contribution is 5.52. The Morgan fingerprint density at radius 1 is 1.31 bits per heavy atom. The summed E-state index contributed by atoms with van der Waals surface area (Å²) in [5.41, 5.74) is 3.59. The predicted molar refractivity (Wildman–Crippen MR) is 67.7 cm³/mol. The van der Waals surface area contributed by atoms with Crippen LogP contribution in [0, 0.1) is 19.8 Å². The van der Waals surface area contributed by atoms with Crippen molar-refractivity contribution in [3.8, 4) is 0 Å². The van der Waals surface area contributed by atoms with Gasteiger partial charge in [-0.15, -0.1) is 0 Å². The molecule has 0 spiro atoms. The Morgan fingerprint density at radius 2 is 1.94 bits per heavy atom. The SMILES string of the molecule is Cc1nn(C)c(C)c1NC(C)C1CCCC1. The molecule has 0 aliphatic heterocycles. The fourth-order valence-corrected chi connectivity index (χ4v) is 2.79. The number of nitrogens with zero attached hydrogens (tertiary/aromatic N) is 2. The van der Waals surface area contributed by atoms with Crippen LogP contribution in [0.15, 0.2) is 0 Å². The third-order valence-corrected chi connectivity index (χ3v) is 3.99. The lowest BCUT2D eigenvalue weighted by atomic mass is 9.99. The van der Waals surface area contributed by atoms with E-state index in [4.69, 9.17) is 0 Å². The fraction of sp³-hybridized carbons (Fsp3) is 0.769. The van der Waals surface area contributed by atoms with E-state index in [0.29, 0.717) is 6.04 Å². The molecular weight excluding hydrogens is 198 g/mol. The number of aryl methyl sites for hydroxylation is 2. The Hall–Kier alpha value is -0.990. The molecule has 0 radical (unpaired) electrons. The maximum absolute atomic E-state index is 4.44. The maximum Gasteiger partial charge on any atom is 0.0827 e. The van der Waals surface area contributed by atoms with Crippen molar-refractivity contribution in [3.05, 3.63) is 11.4 Å². The standard InChI is InChI=1S/C13H23N3/c1-9(12-7-5-6-8-12)14-13-10(2)15-16(4)11(13)3/h9,12,14H,5-8H2,1-4H3. The van der Waals surface area contributed by atoms with Crippen molar-refractivity contribution in [2.75, 3.05) is 5.32 Å². The fourth-order valence-electron chi connectivity index (χ4n) is 2.79. The average Bonchev–Trinajstić information content (AvgIpc) is 2.83. The number of anilines is 1. The minimum absolute atomic E-state index is 0.573. The van der Waals surface area contributed by atoms with Gasteiger partial charge in [0.2, 0.25) is 0 Å². The summed E-state index contributed by atoms with van der Waals surface area (Å²) < 4.78 is 1.96. The van der Waals surface area contributed by atoms with E-state index in [1.807, 2.05) is 11.7 Å². The van der Waals surface area contributed by atoms with Crippen molar-refractivity contribution < 1.29 is 0 Å². The molecule has 1 heterocycles. The van der Waals surface area contributed by atoms with Gasteiger partial charge in [-0.25, -0.2) is 0 Å². The van der Waals surface area contributed by atoms with Crippen LogP contribution >= 0.6 is 0 Å². The summed E-state index contributed by atoms with van der Waals surface area (Å²) in [6.07, 6.45) is 5.57. The van der Waals surface area contributed by atoms with E-state index >= 15 is 0 Å². The van der Waals surface area contributed by atoms with E-state index in [0.717, 1.165) is 11.6 Å². The molecule has 1 aliphatic rings. The van der Waals surface area contributed by atoms with Crippen LogP contribution in [0.25, 0.3) is 0 Å². The summed E-state index contributed by atoms with van der Waals surface area (Å²) in [6.45, 7) is 6.52. The van der Waals surface area contributed by atoms with Crippen LogP contribution in [0.3, 0.4) is 0 Å². The van der Waals surface area contributed by atoms with Crippen LogP contribution in [-0.4, -0.2) is 15.8 Å². The summed E-state index contributed by atoms with van der Waals surface area (Å²) >= 11 is 0. The lowest BCUT2D eigenvalue weighted by Gasteiger charge is -2.21. The first-order valence-corrected chi connectivity index (χ1v) is 6.36. The van der Waals surface area contributed by atoms with Crippen molar-refractivity contribution in [2.45, 2.75) is 52.5 Å². The lowest BCUT2D eigenvalue weighted by Crippen LogP contribution is -2.24. The molecule has 1 aromatic heterocycles. The van der Waals surface area contributed by atoms with Crippen LogP contribution in [0.4, 0.5) is 5.69 Å². The smallest absolute Gasteiger partial charge is 0.0827 e. The van der Waals surface area contributed by atoms with Crippen molar-refractivity contribution in [1.29, 1.82) is 0 Å². The van der Waals surface area contributed by atoms with Crippen LogP contribution in [0.2, 0.25) is 0 Å². The molecule has 0 amide bonds. The molecule has 1 N–H and O–H groups in total. The second-order valence-corrected chi connectivity index (χ2v) is 5.15. The van der Waals surface area contributed by atoms with Gasteiger partial charge in [0.1, 0.15) is 0 Å². The lowest BCUT2D eigenvalue weighted by molar-refractivity contribution is 0.482. The maximum atomic E-state index is 4.44. The Bertz CT molecular complexity index is 361. The molecule has 0 saturated heterocycles. The quantitative estimate of drug-likeness (QED) is 0.850. The van der Waals surface area contributed by atoms with Crippen molar-refractivity contribution in [2.24, 2.45) is 13.0 Å². The number of hydrogen-bond acceptors (Lipinski definition) is 2. The minimum Gasteiger partial charge on any atom is -0.379 e. The van der Waals surface area contributed by atoms with Gasteiger partial charge in [-0.1, -0.05) is 12.8 Å². The second kappa shape index (κ2) is 4.48. The summed E-state index contributed by atoms with van der Waals surface area (Å²) in [5.74, 6) is 0.846. The molecule has 1 aromatic rings. The van der Waals surface area contributed by atoms with Gasteiger partial charge in [-0.3, -0.25) is 4.68 Å². The molecule has 3 nitrogen and oxygen atoms in total. The average molecular weight is 221 g/mol. The van der Waals surface area contributed by atoms with E-state index < -0.39 is 0 Å². The first-order valence-electron chi connectivity index (χ1n) is 6.36. The number of nitrogens with one attached hydrogen (secondary N) is 1. The summed E-state index contributed by atoms with van der Waals surface area (Å²) in [4.78, 5) is 0. The highest BCUT2D eigenvalue weighted by Gasteiger charge is 2.22. The van der Waals surface area contributed by atoms with E-state index in [1.54, 1.807) is 0 Å². The summed E-state index contributed by atoms with van der Waals surface area (Å²) in [7, 11) is 2.01. The summed E-state index contributed by atoms with van der Waals surface area (Å²) in [6, 6.07) is 0.573. The Morgan fingerprint density at radius 3 is 2.44 bits per heavy atom. The van der Waals surface area contributed by atoms with Gasteiger partial charge in [0, 0.05) is 13.1 Å². The van der Waals surface area contributed by atoms with Gasteiger partial charge in [0.25, 0.3) is 0 Å². The third kappa shape index (κ3) is 2.08. The zero-order chi connectivity index (χ0) is 11.7. The van der Waals surface area contributed by atoms with Gasteiger partial charge < -0.3 is 5.32 Å². The molecular formula is C13H23N3. The van der Waals surface area contributed by atoms with Gasteiger partial charge in [0.05, 0.1) is 17.1 Å². The molecule has 1 saturated carbocycles. The largest absolute Gasteiger partial charge is 0.379 e. The van der Waals surface area contributed by atoms with Crippen molar-refractivity contribution in [1.82, 2.24) is 9.78 Å². The Labute approximate surface area is 98.2 Å². The Balaban J connectivity index is 2.07. The van der Waals surface area contributed by atoms with Crippen LogP contribution in [-0.2, 0) is 7.05 Å². The zero-order valence-corrected chi connectivity index (χ0v) is 10.9. The zero-order valence-electron chi connectivity index (χ0n) is 10.9. The summed E-state index contributed by atoms with van der Waals surface area (Å²) in [5, 5.41) is 8.10. The van der Waals surface area contributed by atoms with Crippen LogP contribution < -0.4 is 5.32 Å². The molecule has 2 rings (SSSR count). The van der Waals surface area contributed by atoms with Crippen molar-refractivity contribution in [3.63, 3.8) is 0 Å². The topological polar surface area (TPSA) is 29.9 Å². The van der Waals surface area contributed by atoms with Gasteiger partial charge in [0.15, 0.2) is 0 Å². The Kier molecular flexibility index (Phi) is 3.22. The molecule has 3 heteroatoms. The molecule has 0 aromatic carbocycles. The molecule has 90 valence electrons. The van der Waals surface area contributed by atoms with E-state index in [2.05, 4.69) is 31.2 Å². The van der Waals surface area contributed by atoms with Gasteiger partial charge in [-0.05, 0) is 39.5 Å². The van der Waals surface area contributed by atoms with E-state index in [-0.39, 0.29) is 0 Å². The van der Waals surface area contributed by atoms with E-state index in [1.165, 1.54) is 37.1 Å². The van der Waals surface area contributed by atoms with Crippen LogP contribution in [0.5, 0.6) is 0 Å².